The Balaban J connectivity index is 2.43. The highest BCUT2D eigenvalue weighted by Gasteiger charge is 2.25. The van der Waals surface area contributed by atoms with Crippen molar-refractivity contribution in [3.8, 4) is 0 Å². The Labute approximate surface area is 77.9 Å². The third kappa shape index (κ3) is 1.24. The van der Waals surface area contributed by atoms with E-state index in [1.165, 1.54) is 0 Å². The van der Waals surface area contributed by atoms with Crippen molar-refractivity contribution in [2.24, 2.45) is 0 Å². The second kappa shape index (κ2) is 3.09. The predicted octanol–water partition coefficient (Wildman–Crippen LogP) is 2.05. The largest absolute Gasteiger partial charge is 0.519 e. The number of hydrogen-bond donors (Lipinski definition) is 0. The molecule has 0 aliphatic heterocycles. The molecule has 0 N–H and O–H groups in total. The van der Waals surface area contributed by atoms with Gasteiger partial charge in [0, 0.05) is 17.7 Å². The minimum atomic E-state index is -0.562. The molecule has 66 valence electrons. The van der Waals surface area contributed by atoms with Gasteiger partial charge in [0.25, 0.3) is 0 Å². The number of rotatable bonds is 1. The molecule has 12 heavy (non-hydrogen) atoms. The minimum Gasteiger partial charge on any atom is -0.396 e. The quantitative estimate of drug-likeness (QED) is 0.697. The lowest BCUT2D eigenvalue weighted by atomic mass is 9.93. The fraction of sp³-hybridized carbons (Fsp3) is 0.625. The first-order valence-corrected chi connectivity index (χ1v) is 5.12. The van der Waals surface area contributed by atoms with Crippen LogP contribution < -0.4 is 5.82 Å². The summed E-state index contributed by atoms with van der Waals surface area (Å²) < 4.78 is 9.85. The van der Waals surface area contributed by atoms with E-state index < -0.39 is 5.82 Å². The highest BCUT2D eigenvalue weighted by molar-refractivity contribution is 9.09. The van der Waals surface area contributed by atoms with Crippen LogP contribution in [0, 0.1) is 0 Å². The van der Waals surface area contributed by atoms with Gasteiger partial charge in [-0.05, 0) is 12.8 Å². The Bertz CT molecular complexity index is 325. The molecule has 2 rings (SSSR count). The van der Waals surface area contributed by atoms with Crippen molar-refractivity contribution in [1.29, 1.82) is 0 Å². The van der Waals surface area contributed by atoms with Gasteiger partial charge in [-0.15, -0.1) is 0 Å². The van der Waals surface area contributed by atoms with E-state index >= 15 is 0 Å². The SMILES string of the molecule is O=c1oc2c(o1)C(CBr)CCC2. The van der Waals surface area contributed by atoms with E-state index in [1.54, 1.807) is 0 Å². The number of hydrogen-bond acceptors (Lipinski definition) is 3. The van der Waals surface area contributed by atoms with Gasteiger partial charge in [0.1, 0.15) is 5.76 Å². The van der Waals surface area contributed by atoms with E-state index in [-0.39, 0.29) is 0 Å². The summed E-state index contributed by atoms with van der Waals surface area (Å²) >= 11 is 3.39. The fourth-order valence-electron chi connectivity index (χ4n) is 1.59. The fourth-order valence-corrected chi connectivity index (χ4v) is 2.21. The van der Waals surface area contributed by atoms with Crippen LogP contribution in [0.5, 0.6) is 0 Å². The molecule has 0 bridgehead atoms. The molecule has 0 radical (unpaired) electrons. The van der Waals surface area contributed by atoms with E-state index in [0.29, 0.717) is 5.92 Å². The molecule has 4 heteroatoms. The van der Waals surface area contributed by atoms with Crippen LogP contribution in [0.1, 0.15) is 30.3 Å². The molecule has 0 fully saturated rings. The van der Waals surface area contributed by atoms with Crippen molar-refractivity contribution in [2.75, 3.05) is 5.33 Å². The third-order valence-electron chi connectivity index (χ3n) is 2.19. The lowest BCUT2D eigenvalue weighted by Crippen LogP contribution is -2.08. The maximum Gasteiger partial charge on any atom is 0.519 e. The molecule has 1 aromatic rings. The summed E-state index contributed by atoms with van der Waals surface area (Å²) in [6.07, 6.45) is 2.98. The molecule has 1 heterocycles. The maximum absolute atomic E-state index is 10.8. The first-order chi connectivity index (χ1) is 5.81. The Morgan fingerprint density at radius 2 is 2.33 bits per heavy atom. The van der Waals surface area contributed by atoms with Crippen LogP contribution in [0.3, 0.4) is 0 Å². The summed E-state index contributed by atoms with van der Waals surface area (Å²) in [6, 6.07) is 0. The van der Waals surface area contributed by atoms with Crippen LogP contribution in [-0.4, -0.2) is 5.33 Å². The summed E-state index contributed by atoms with van der Waals surface area (Å²) in [5.74, 6) is 1.26. The average molecular weight is 233 g/mol. The zero-order chi connectivity index (χ0) is 8.55. The van der Waals surface area contributed by atoms with Gasteiger partial charge in [-0.2, -0.15) is 0 Å². The molecule has 3 nitrogen and oxygen atoms in total. The second-order valence-corrected chi connectivity index (χ2v) is 3.63. The third-order valence-corrected chi connectivity index (χ3v) is 2.97. The van der Waals surface area contributed by atoms with E-state index in [0.717, 1.165) is 36.1 Å². The van der Waals surface area contributed by atoms with Gasteiger partial charge in [0.15, 0.2) is 5.76 Å². The molecular weight excluding hydrogens is 224 g/mol. The molecule has 1 aromatic heterocycles. The molecule has 0 aromatic carbocycles. The number of alkyl halides is 1. The van der Waals surface area contributed by atoms with Crippen molar-refractivity contribution >= 4 is 15.9 Å². The molecule has 1 aliphatic rings. The molecule has 0 saturated carbocycles. The van der Waals surface area contributed by atoms with Crippen LogP contribution in [0.15, 0.2) is 13.6 Å². The Kier molecular flexibility index (Phi) is 2.09. The van der Waals surface area contributed by atoms with Gasteiger partial charge in [-0.25, -0.2) is 4.79 Å². The van der Waals surface area contributed by atoms with Crippen LogP contribution in [0.2, 0.25) is 0 Å². The van der Waals surface area contributed by atoms with Crippen molar-refractivity contribution < 1.29 is 8.83 Å². The lowest BCUT2D eigenvalue weighted by molar-refractivity contribution is 0.365. The lowest BCUT2D eigenvalue weighted by Gasteiger charge is -2.15. The van der Waals surface area contributed by atoms with E-state index in [2.05, 4.69) is 15.9 Å². The van der Waals surface area contributed by atoms with Crippen molar-refractivity contribution in [3.63, 3.8) is 0 Å². The van der Waals surface area contributed by atoms with E-state index in [9.17, 15) is 4.79 Å². The van der Waals surface area contributed by atoms with Gasteiger partial charge in [-0.3, -0.25) is 0 Å². The molecule has 1 atom stereocenters. The summed E-state index contributed by atoms with van der Waals surface area (Å²) in [5, 5.41) is 0.836. The highest BCUT2D eigenvalue weighted by Crippen LogP contribution is 2.31. The van der Waals surface area contributed by atoms with Crippen LogP contribution >= 0.6 is 15.9 Å². The van der Waals surface area contributed by atoms with Crippen LogP contribution in [0.25, 0.3) is 0 Å². The second-order valence-electron chi connectivity index (χ2n) is 2.99. The van der Waals surface area contributed by atoms with Gasteiger partial charge in [-0.1, -0.05) is 15.9 Å². The minimum absolute atomic E-state index is 0.320. The van der Waals surface area contributed by atoms with E-state index in [4.69, 9.17) is 8.83 Å². The predicted molar refractivity (Wildman–Crippen MR) is 46.7 cm³/mol. The van der Waals surface area contributed by atoms with Crippen LogP contribution in [0.4, 0.5) is 0 Å². The van der Waals surface area contributed by atoms with Gasteiger partial charge < -0.3 is 8.83 Å². The summed E-state index contributed by atoms with van der Waals surface area (Å²) in [7, 11) is 0. The molecule has 0 saturated heterocycles. The number of halogens is 1. The molecule has 1 aliphatic carbocycles. The van der Waals surface area contributed by atoms with Gasteiger partial charge in [0.2, 0.25) is 0 Å². The first-order valence-electron chi connectivity index (χ1n) is 4.00. The van der Waals surface area contributed by atoms with Crippen molar-refractivity contribution in [1.82, 2.24) is 0 Å². The Morgan fingerprint density at radius 1 is 1.50 bits per heavy atom. The van der Waals surface area contributed by atoms with Crippen molar-refractivity contribution in [2.45, 2.75) is 25.2 Å². The summed E-state index contributed by atoms with van der Waals surface area (Å²) in [5.41, 5.74) is 0. The summed E-state index contributed by atoms with van der Waals surface area (Å²) in [6.45, 7) is 0. The highest BCUT2D eigenvalue weighted by atomic mass is 79.9. The maximum atomic E-state index is 10.8. The van der Waals surface area contributed by atoms with Crippen molar-refractivity contribution in [3.05, 3.63) is 22.1 Å². The van der Waals surface area contributed by atoms with Gasteiger partial charge >= 0.3 is 5.82 Å². The first kappa shape index (κ1) is 8.10. The molecule has 1 unspecified atom stereocenters. The zero-order valence-corrected chi connectivity index (χ0v) is 8.09. The smallest absolute Gasteiger partial charge is 0.396 e. The average Bonchev–Trinajstić information content (AvgIpc) is 2.44. The van der Waals surface area contributed by atoms with Gasteiger partial charge in [0.05, 0.1) is 0 Å². The molecular formula is C8H9BrO3. The normalized spacial score (nSPS) is 22.2. The topological polar surface area (TPSA) is 43.4 Å². The number of fused-ring (bicyclic) bond motifs is 1. The zero-order valence-electron chi connectivity index (χ0n) is 6.51. The number of aryl methyl sites for hydroxylation is 1. The molecule has 0 spiro atoms. The summed E-state index contributed by atoms with van der Waals surface area (Å²) in [4.78, 5) is 10.8. The molecule has 0 amide bonds. The standard InChI is InChI=1S/C8H9BrO3/c9-4-5-2-1-3-6-7(5)12-8(10)11-6/h5H,1-4H2. The monoisotopic (exact) mass is 232 g/mol. The van der Waals surface area contributed by atoms with Crippen LogP contribution in [-0.2, 0) is 6.42 Å². The van der Waals surface area contributed by atoms with E-state index in [1.807, 2.05) is 0 Å². The Morgan fingerprint density at radius 3 is 3.08 bits per heavy atom. The Hall–Kier alpha value is -0.510.